The van der Waals surface area contributed by atoms with E-state index in [9.17, 15) is 19.2 Å². The van der Waals surface area contributed by atoms with Crippen LogP contribution < -0.4 is 9.80 Å². The van der Waals surface area contributed by atoms with E-state index in [1.54, 1.807) is 9.80 Å². The van der Waals surface area contributed by atoms with Gasteiger partial charge in [0.05, 0.1) is 0 Å². The fourth-order valence-corrected chi connectivity index (χ4v) is 12.0. The number of hydrogen-bond donors (Lipinski definition) is 0. The Morgan fingerprint density at radius 1 is 0.515 bits per heavy atom. The summed E-state index contributed by atoms with van der Waals surface area (Å²) >= 11 is 3.02. The third-order valence-corrected chi connectivity index (χ3v) is 16.0. The summed E-state index contributed by atoms with van der Waals surface area (Å²) in [6, 6.07) is 31.4. The van der Waals surface area contributed by atoms with Gasteiger partial charge in [-0.3, -0.25) is 29.2 Å². The van der Waals surface area contributed by atoms with Crippen LogP contribution in [0.4, 0.5) is 11.4 Å². The Labute approximate surface area is 407 Å². The molecule has 2 fully saturated rings. The summed E-state index contributed by atoms with van der Waals surface area (Å²) in [6.07, 6.45) is 2.31. The quantitative estimate of drug-likeness (QED) is 0.0771. The van der Waals surface area contributed by atoms with Crippen LogP contribution in [-0.4, -0.2) is 82.9 Å². The lowest BCUT2D eigenvalue weighted by molar-refractivity contribution is -0.169. The van der Waals surface area contributed by atoms with Gasteiger partial charge in [-0.1, -0.05) is 72.8 Å². The number of amides is 2. The van der Waals surface area contributed by atoms with E-state index in [1.807, 2.05) is 85.3 Å². The predicted molar refractivity (Wildman–Crippen MR) is 268 cm³/mol. The second-order valence-electron chi connectivity index (χ2n) is 18.2. The maximum atomic E-state index is 14.6. The van der Waals surface area contributed by atoms with Gasteiger partial charge in [-0.15, -0.1) is 22.7 Å². The van der Waals surface area contributed by atoms with Gasteiger partial charge >= 0.3 is 11.9 Å². The molecule has 68 heavy (non-hydrogen) atoms. The Balaban J connectivity index is 0.977. The Kier molecular flexibility index (Phi) is 15.0. The van der Waals surface area contributed by atoms with Crippen LogP contribution in [0.15, 0.2) is 108 Å². The summed E-state index contributed by atoms with van der Waals surface area (Å²) in [7, 11) is 0. The molecule has 354 valence electrons. The minimum Gasteiger partial charge on any atom is -0.447 e. The zero-order valence-corrected chi connectivity index (χ0v) is 41.5. The Morgan fingerprint density at radius 2 is 0.853 bits per heavy atom. The van der Waals surface area contributed by atoms with Gasteiger partial charge in [0.15, 0.2) is 13.2 Å². The Hall–Kier alpha value is -6.06. The Bertz CT molecular complexity index is 2510. The summed E-state index contributed by atoms with van der Waals surface area (Å²) in [6.45, 7) is 15.3. The number of anilines is 2. The number of carbonyl (C=O) groups is 4. The fraction of sp³-hybridized carbons (Fsp3) is 0.370. The van der Waals surface area contributed by atoms with Gasteiger partial charge in [0.1, 0.15) is 21.1 Å². The summed E-state index contributed by atoms with van der Waals surface area (Å²) in [4.78, 5) is 74.3. The predicted octanol–water partition coefficient (Wildman–Crippen LogP) is 9.29. The second-order valence-corrected chi connectivity index (χ2v) is 19.9. The molecule has 0 aliphatic carbocycles. The highest BCUT2D eigenvalue weighted by molar-refractivity contribution is 7.10. The second kappa shape index (κ2) is 21.1. The molecule has 0 saturated carbocycles. The van der Waals surface area contributed by atoms with Crippen LogP contribution in [0, 0.1) is 41.5 Å². The van der Waals surface area contributed by atoms with Crippen LogP contribution in [-0.2, 0) is 52.8 Å². The number of nitrogens with zero attached hydrogens (tertiary/aromatic N) is 6. The third-order valence-electron chi connectivity index (χ3n) is 13.7. The summed E-state index contributed by atoms with van der Waals surface area (Å²) < 4.78 is 10.9. The lowest BCUT2D eigenvalue weighted by atomic mass is 9.84. The van der Waals surface area contributed by atoms with Gasteiger partial charge in [0, 0.05) is 72.8 Å². The van der Waals surface area contributed by atoms with Crippen molar-refractivity contribution in [3.63, 3.8) is 0 Å². The van der Waals surface area contributed by atoms with Crippen molar-refractivity contribution in [1.29, 1.82) is 0 Å². The van der Waals surface area contributed by atoms with Crippen LogP contribution in [0.25, 0.3) is 0 Å². The number of piperidine rings is 2. The zero-order chi connectivity index (χ0) is 48.0. The first-order chi connectivity index (χ1) is 32.8. The van der Waals surface area contributed by atoms with Crippen LogP contribution >= 0.6 is 22.7 Å². The monoisotopic (exact) mass is 952 g/mol. The first-order valence-electron chi connectivity index (χ1n) is 23.3. The molecule has 12 nitrogen and oxygen atoms in total. The van der Waals surface area contributed by atoms with Gasteiger partial charge in [-0.05, 0) is 125 Å². The highest BCUT2D eigenvalue weighted by Gasteiger charge is 2.49. The van der Waals surface area contributed by atoms with Crippen molar-refractivity contribution in [3.8, 4) is 0 Å². The molecule has 2 amide bonds. The van der Waals surface area contributed by atoms with Crippen molar-refractivity contribution in [2.24, 2.45) is 0 Å². The van der Waals surface area contributed by atoms with E-state index in [1.165, 1.54) is 56.1 Å². The lowest BCUT2D eigenvalue weighted by Crippen LogP contribution is -2.57. The number of benzene rings is 4. The highest BCUT2D eigenvalue weighted by Crippen LogP contribution is 2.45. The van der Waals surface area contributed by atoms with E-state index in [4.69, 9.17) is 19.4 Å². The van der Waals surface area contributed by atoms with Gasteiger partial charge in [-0.2, -0.15) is 0 Å². The summed E-state index contributed by atoms with van der Waals surface area (Å²) in [5.41, 5.74) is 8.82. The van der Waals surface area contributed by atoms with E-state index < -0.39 is 48.0 Å². The molecule has 8 rings (SSSR count). The number of likely N-dealkylation sites (tertiary alicyclic amines) is 2. The standard InChI is InChI=1S/C54H60N6O6S2/c1-37-15-13-16-38(2)45(37)31-57-27-23-53(24-28-57,51-55-41(5)35-67-51)59(43-19-9-7-10-20-43)47(61)33-65-49(63)50(64)66-34-48(62)60(44-21-11-8-12-22-44)54(52-56-42(6)36-68-52)25-29-58(30-26-54)32-46-39(3)17-14-18-40(46)4/h7-22,35-36H,23-34H2,1-6H3. The average molecular weight is 953 g/mol. The molecule has 2 aliphatic rings. The van der Waals surface area contributed by atoms with Crippen molar-refractivity contribution >= 4 is 57.8 Å². The maximum absolute atomic E-state index is 14.6. The molecule has 4 aromatic carbocycles. The van der Waals surface area contributed by atoms with Crippen LogP contribution in [0.3, 0.4) is 0 Å². The van der Waals surface area contributed by atoms with Gasteiger partial charge in [0.25, 0.3) is 11.8 Å². The summed E-state index contributed by atoms with van der Waals surface area (Å²) in [5.74, 6) is -3.75. The number of hydrogen-bond acceptors (Lipinski definition) is 12. The first-order valence-corrected chi connectivity index (χ1v) is 25.0. The van der Waals surface area contributed by atoms with E-state index in [2.05, 4.69) is 73.9 Å². The molecule has 0 bridgehead atoms. The van der Waals surface area contributed by atoms with Crippen molar-refractivity contribution in [2.75, 3.05) is 49.2 Å². The molecule has 4 heterocycles. The molecule has 6 aromatic rings. The maximum Gasteiger partial charge on any atom is 0.418 e. The van der Waals surface area contributed by atoms with Crippen LogP contribution in [0.2, 0.25) is 0 Å². The van der Waals surface area contributed by atoms with Crippen LogP contribution in [0.5, 0.6) is 0 Å². The van der Waals surface area contributed by atoms with E-state index in [0.717, 1.165) is 34.5 Å². The minimum atomic E-state index is -1.36. The zero-order valence-electron chi connectivity index (χ0n) is 39.8. The van der Waals surface area contributed by atoms with E-state index >= 15 is 0 Å². The summed E-state index contributed by atoms with van der Waals surface area (Å²) in [5, 5.41) is 5.56. The number of thiazole rings is 2. The number of carbonyl (C=O) groups excluding carboxylic acids is 4. The van der Waals surface area contributed by atoms with Gasteiger partial charge in [-0.25, -0.2) is 19.6 Å². The van der Waals surface area contributed by atoms with E-state index in [0.29, 0.717) is 63.2 Å². The fourth-order valence-electron chi connectivity index (χ4n) is 9.92. The average Bonchev–Trinajstić information content (AvgIpc) is 4.00. The number of aryl methyl sites for hydroxylation is 6. The number of aromatic nitrogens is 2. The number of para-hydroxylation sites is 2. The molecular weight excluding hydrogens is 893 g/mol. The molecule has 2 aliphatic heterocycles. The molecular formula is C54H60N6O6S2. The molecule has 2 saturated heterocycles. The van der Waals surface area contributed by atoms with Crippen molar-refractivity contribution in [1.82, 2.24) is 19.8 Å². The molecule has 2 aromatic heterocycles. The number of rotatable bonds is 14. The van der Waals surface area contributed by atoms with Crippen molar-refractivity contribution in [2.45, 2.75) is 91.4 Å². The Morgan fingerprint density at radius 3 is 1.16 bits per heavy atom. The van der Waals surface area contributed by atoms with Gasteiger partial charge in [0.2, 0.25) is 0 Å². The first kappa shape index (κ1) is 48.4. The lowest BCUT2D eigenvalue weighted by Gasteiger charge is -2.47. The smallest absolute Gasteiger partial charge is 0.418 e. The molecule has 14 heteroatoms. The van der Waals surface area contributed by atoms with Gasteiger partial charge < -0.3 is 9.47 Å². The molecule has 0 N–H and O–H groups in total. The molecule has 0 atom stereocenters. The normalized spacial score (nSPS) is 15.9. The largest absolute Gasteiger partial charge is 0.447 e. The minimum absolute atomic E-state index is 0.510. The topological polar surface area (TPSA) is 125 Å². The number of esters is 2. The molecule has 0 radical (unpaired) electrons. The van der Waals surface area contributed by atoms with Crippen molar-refractivity contribution in [3.05, 3.63) is 163 Å². The van der Waals surface area contributed by atoms with Crippen molar-refractivity contribution < 1.29 is 28.7 Å². The molecule has 0 unspecified atom stereocenters. The third kappa shape index (κ3) is 10.3. The van der Waals surface area contributed by atoms with Crippen LogP contribution in [0.1, 0.15) is 80.5 Å². The SMILES string of the molecule is Cc1csc(C2(N(C(=O)COC(=O)C(=O)OCC(=O)N(c3ccccc3)C3(c4nc(C)cs4)CCN(Cc4c(C)cccc4C)CC3)c3ccccc3)CCN(Cc3c(C)cccc3C)CC2)n1. The molecule has 0 spiro atoms. The number of ether oxygens (including phenoxy) is 2. The van der Waals surface area contributed by atoms with E-state index in [-0.39, 0.29) is 0 Å². The highest BCUT2D eigenvalue weighted by atomic mass is 32.1.